The molecule has 2 N–H and O–H groups in total. The monoisotopic (exact) mass is 201 g/mol. The Hall–Kier alpha value is -1.10. The van der Waals surface area contributed by atoms with Gasteiger partial charge < -0.3 is 10.6 Å². The standard InChI is InChI=1S/C7H12ClN5/c1-5(2)12-7-11-4-10-6(13-7)9-3-8/h4-5H,3H2,1-2H3,(H2,9,10,11,12,13). The summed E-state index contributed by atoms with van der Waals surface area (Å²) < 4.78 is 0. The van der Waals surface area contributed by atoms with Crippen LogP contribution < -0.4 is 10.6 Å². The van der Waals surface area contributed by atoms with Crippen molar-refractivity contribution in [3.8, 4) is 0 Å². The van der Waals surface area contributed by atoms with Gasteiger partial charge in [-0.2, -0.15) is 4.98 Å². The molecule has 72 valence electrons. The van der Waals surface area contributed by atoms with Gasteiger partial charge in [0.15, 0.2) is 0 Å². The van der Waals surface area contributed by atoms with Gasteiger partial charge in [0, 0.05) is 6.04 Å². The summed E-state index contributed by atoms with van der Waals surface area (Å²) in [4.78, 5) is 11.9. The Labute approximate surface area is 82.0 Å². The van der Waals surface area contributed by atoms with Crippen LogP contribution in [-0.2, 0) is 0 Å². The molecule has 0 aliphatic carbocycles. The number of aromatic nitrogens is 3. The van der Waals surface area contributed by atoms with Crippen molar-refractivity contribution in [2.75, 3.05) is 16.6 Å². The Morgan fingerprint density at radius 3 is 2.69 bits per heavy atom. The van der Waals surface area contributed by atoms with Gasteiger partial charge in [0.2, 0.25) is 11.9 Å². The molecule has 0 amide bonds. The summed E-state index contributed by atoms with van der Waals surface area (Å²) in [5.41, 5.74) is 0. The maximum Gasteiger partial charge on any atom is 0.228 e. The highest BCUT2D eigenvalue weighted by atomic mass is 35.5. The number of hydrogen-bond donors (Lipinski definition) is 2. The van der Waals surface area contributed by atoms with Crippen molar-refractivity contribution >= 4 is 23.5 Å². The first-order chi connectivity index (χ1) is 6.22. The van der Waals surface area contributed by atoms with E-state index in [0.717, 1.165) is 0 Å². The predicted octanol–water partition coefficient (Wildman–Crippen LogP) is 1.30. The average molecular weight is 202 g/mol. The van der Waals surface area contributed by atoms with Crippen molar-refractivity contribution in [2.45, 2.75) is 19.9 Å². The molecule has 1 aromatic rings. The van der Waals surface area contributed by atoms with Gasteiger partial charge in [-0.05, 0) is 13.8 Å². The molecule has 0 saturated carbocycles. The zero-order valence-electron chi connectivity index (χ0n) is 7.58. The van der Waals surface area contributed by atoms with Crippen molar-refractivity contribution in [3.63, 3.8) is 0 Å². The lowest BCUT2D eigenvalue weighted by molar-refractivity contribution is 0.867. The number of nitrogens with one attached hydrogen (secondary N) is 2. The van der Waals surface area contributed by atoms with Gasteiger partial charge in [-0.25, -0.2) is 9.97 Å². The molecule has 0 saturated heterocycles. The van der Waals surface area contributed by atoms with E-state index in [2.05, 4.69) is 25.6 Å². The summed E-state index contributed by atoms with van der Waals surface area (Å²) in [6, 6.07) is 0.580. The molecule has 5 nitrogen and oxygen atoms in total. The van der Waals surface area contributed by atoms with Gasteiger partial charge in [0.05, 0.1) is 6.00 Å². The fourth-order valence-electron chi connectivity index (χ4n) is 0.769. The van der Waals surface area contributed by atoms with Crippen LogP contribution in [0.25, 0.3) is 0 Å². The molecule has 0 bridgehead atoms. The summed E-state index contributed by atoms with van der Waals surface area (Å²) in [6.45, 7) is 4.02. The van der Waals surface area contributed by atoms with Gasteiger partial charge in [-0.15, -0.1) is 11.6 Å². The van der Waals surface area contributed by atoms with Crippen LogP contribution in [0.15, 0.2) is 6.33 Å². The highest BCUT2D eigenvalue weighted by Gasteiger charge is 2.00. The number of alkyl halides is 1. The normalized spacial score (nSPS) is 10.2. The lowest BCUT2D eigenvalue weighted by Crippen LogP contribution is -2.13. The molecular weight excluding hydrogens is 190 g/mol. The van der Waals surface area contributed by atoms with E-state index >= 15 is 0 Å². The summed E-state index contributed by atoms with van der Waals surface area (Å²) in [5, 5.41) is 5.84. The fraction of sp³-hybridized carbons (Fsp3) is 0.571. The number of rotatable bonds is 4. The molecule has 0 aliphatic heterocycles. The summed E-state index contributed by atoms with van der Waals surface area (Å²) in [5.74, 6) is 1.03. The second-order valence-electron chi connectivity index (χ2n) is 2.74. The minimum Gasteiger partial charge on any atom is -0.352 e. The fourth-order valence-corrected chi connectivity index (χ4v) is 0.888. The number of hydrogen-bond acceptors (Lipinski definition) is 5. The molecule has 0 unspecified atom stereocenters. The van der Waals surface area contributed by atoms with Gasteiger partial charge in [-0.3, -0.25) is 0 Å². The quantitative estimate of drug-likeness (QED) is 0.568. The molecule has 13 heavy (non-hydrogen) atoms. The van der Waals surface area contributed by atoms with Crippen LogP contribution in [0, 0.1) is 0 Å². The van der Waals surface area contributed by atoms with Gasteiger partial charge in [-0.1, -0.05) is 0 Å². The molecule has 0 aliphatic rings. The van der Waals surface area contributed by atoms with E-state index in [4.69, 9.17) is 11.6 Å². The topological polar surface area (TPSA) is 62.7 Å². The lowest BCUT2D eigenvalue weighted by Gasteiger charge is -2.07. The van der Waals surface area contributed by atoms with Crippen molar-refractivity contribution < 1.29 is 0 Å². The van der Waals surface area contributed by atoms with Crippen LogP contribution in [0.5, 0.6) is 0 Å². The van der Waals surface area contributed by atoms with Crippen molar-refractivity contribution in [2.24, 2.45) is 0 Å². The average Bonchev–Trinajstić information content (AvgIpc) is 2.04. The molecular formula is C7H12ClN5. The van der Waals surface area contributed by atoms with Crippen LogP contribution in [0.2, 0.25) is 0 Å². The van der Waals surface area contributed by atoms with Gasteiger partial charge >= 0.3 is 0 Å². The minimum absolute atomic E-state index is 0.283. The van der Waals surface area contributed by atoms with Crippen LogP contribution in [0.4, 0.5) is 11.9 Å². The highest BCUT2D eigenvalue weighted by Crippen LogP contribution is 2.02. The minimum atomic E-state index is 0.283. The molecule has 1 aromatic heterocycles. The van der Waals surface area contributed by atoms with E-state index in [1.165, 1.54) is 6.33 Å². The molecule has 1 rings (SSSR count). The van der Waals surface area contributed by atoms with Gasteiger partial charge in [0.1, 0.15) is 6.33 Å². The molecule has 1 heterocycles. The SMILES string of the molecule is CC(C)Nc1ncnc(NCCl)n1. The first-order valence-corrected chi connectivity index (χ1v) is 4.51. The highest BCUT2D eigenvalue weighted by molar-refractivity contribution is 6.18. The van der Waals surface area contributed by atoms with E-state index in [1.807, 2.05) is 13.8 Å². The van der Waals surface area contributed by atoms with Crippen LogP contribution in [-0.4, -0.2) is 27.0 Å². The molecule has 0 radical (unpaired) electrons. The van der Waals surface area contributed by atoms with Crippen molar-refractivity contribution in [1.82, 2.24) is 15.0 Å². The third-order valence-electron chi connectivity index (χ3n) is 1.21. The Balaban J connectivity index is 2.67. The van der Waals surface area contributed by atoms with E-state index in [-0.39, 0.29) is 6.00 Å². The summed E-state index contributed by atoms with van der Waals surface area (Å²) in [7, 11) is 0. The van der Waals surface area contributed by atoms with Gasteiger partial charge in [0.25, 0.3) is 0 Å². The molecule has 0 spiro atoms. The molecule has 0 atom stereocenters. The first-order valence-electron chi connectivity index (χ1n) is 3.98. The number of nitrogens with zero attached hydrogens (tertiary/aromatic N) is 3. The van der Waals surface area contributed by atoms with E-state index in [9.17, 15) is 0 Å². The number of anilines is 2. The summed E-state index contributed by atoms with van der Waals surface area (Å²) in [6.07, 6.45) is 1.44. The Bertz CT molecular complexity index is 265. The van der Waals surface area contributed by atoms with Crippen molar-refractivity contribution in [3.05, 3.63) is 6.33 Å². The second-order valence-corrected chi connectivity index (χ2v) is 3.01. The zero-order chi connectivity index (χ0) is 9.68. The number of halogens is 1. The Kier molecular flexibility index (Phi) is 3.70. The third kappa shape index (κ3) is 3.42. The van der Waals surface area contributed by atoms with E-state index < -0.39 is 0 Å². The molecule has 0 aromatic carbocycles. The molecule has 0 fully saturated rings. The van der Waals surface area contributed by atoms with Crippen LogP contribution in [0.1, 0.15) is 13.8 Å². The maximum atomic E-state index is 5.46. The smallest absolute Gasteiger partial charge is 0.228 e. The largest absolute Gasteiger partial charge is 0.352 e. The Morgan fingerprint density at radius 1 is 1.38 bits per heavy atom. The second kappa shape index (κ2) is 4.81. The van der Waals surface area contributed by atoms with Crippen LogP contribution in [0.3, 0.4) is 0 Å². The third-order valence-corrected chi connectivity index (χ3v) is 1.35. The lowest BCUT2D eigenvalue weighted by atomic mass is 10.4. The maximum absolute atomic E-state index is 5.46. The Morgan fingerprint density at radius 2 is 2.08 bits per heavy atom. The van der Waals surface area contributed by atoms with Crippen molar-refractivity contribution in [1.29, 1.82) is 0 Å². The molecule has 6 heteroatoms. The van der Waals surface area contributed by atoms with Crippen LogP contribution >= 0.6 is 11.6 Å². The summed E-state index contributed by atoms with van der Waals surface area (Å²) >= 11 is 5.46. The predicted molar refractivity (Wildman–Crippen MR) is 52.9 cm³/mol. The van der Waals surface area contributed by atoms with E-state index in [0.29, 0.717) is 17.9 Å². The zero-order valence-corrected chi connectivity index (χ0v) is 8.34. The first kappa shape index (κ1) is 9.98. The van der Waals surface area contributed by atoms with E-state index in [1.54, 1.807) is 0 Å².